The summed E-state index contributed by atoms with van der Waals surface area (Å²) in [6.07, 6.45) is 0.782. The van der Waals surface area contributed by atoms with Gasteiger partial charge in [-0.3, -0.25) is 9.59 Å². The molecule has 1 heterocycles. The first-order valence-electron chi connectivity index (χ1n) is 7.44. The highest BCUT2D eigenvalue weighted by Gasteiger charge is 2.19. The molecule has 0 atom stereocenters. The minimum absolute atomic E-state index is 0.0232. The van der Waals surface area contributed by atoms with Gasteiger partial charge in [-0.2, -0.15) is 0 Å². The standard InChI is InChI=1S/C18H22N2O2/c1-11-5-7-15(8-6-11)9-10-19-18(22)17-12(2)16(14(4)21)13(3)20-17/h5-8,20H,9-10H2,1-4H3,(H,19,22). The fourth-order valence-corrected chi connectivity index (χ4v) is 2.67. The van der Waals surface area contributed by atoms with Crippen LogP contribution in [0.15, 0.2) is 24.3 Å². The molecule has 4 nitrogen and oxygen atoms in total. The molecule has 0 aliphatic carbocycles. The van der Waals surface area contributed by atoms with Crippen LogP contribution in [0, 0.1) is 20.8 Å². The van der Waals surface area contributed by atoms with Crippen molar-refractivity contribution in [3.63, 3.8) is 0 Å². The number of aryl methyl sites for hydroxylation is 2. The molecule has 2 N–H and O–H groups in total. The van der Waals surface area contributed by atoms with E-state index >= 15 is 0 Å². The molecule has 0 saturated heterocycles. The largest absolute Gasteiger partial charge is 0.354 e. The monoisotopic (exact) mass is 298 g/mol. The van der Waals surface area contributed by atoms with Gasteiger partial charge in [0.15, 0.2) is 5.78 Å². The summed E-state index contributed by atoms with van der Waals surface area (Å²) >= 11 is 0. The second-order valence-corrected chi connectivity index (χ2v) is 5.67. The average Bonchev–Trinajstić information content (AvgIpc) is 2.76. The van der Waals surface area contributed by atoms with Crippen molar-refractivity contribution in [1.29, 1.82) is 0 Å². The van der Waals surface area contributed by atoms with Crippen LogP contribution < -0.4 is 5.32 Å². The molecule has 0 radical (unpaired) electrons. The molecule has 1 amide bonds. The quantitative estimate of drug-likeness (QED) is 0.833. The Morgan fingerprint density at radius 1 is 1.09 bits per heavy atom. The van der Waals surface area contributed by atoms with E-state index in [4.69, 9.17) is 0 Å². The smallest absolute Gasteiger partial charge is 0.268 e. The molecule has 0 saturated carbocycles. The number of ketones is 1. The highest BCUT2D eigenvalue weighted by atomic mass is 16.2. The summed E-state index contributed by atoms with van der Waals surface area (Å²) in [6.45, 7) is 7.74. The molecule has 2 rings (SSSR count). The third kappa shape index (κ3) is 3.45. The number of amides is 1. The molecule has 1 aromatic carbocycles. The van der Waals surface area contributed by atoms with Crippen LogP contribution in [0.2, 0.25) is 0 Å². The maximum atomic E-state index is 12.2. The molecule has 0 fully saturated rings. The SMILES string of the molecule is CC(=O)c1c(C)[nH]c(C(=O)NCCc2ccc(C)cc2)c1C. The van der Waals surface area contributed by atoms with E-state index in [2.05, 4.69) is 41.5 Å². The van der Waals surface area contributed by atoms with Crippen molar-refractivity contribution < 1.29 is 9.59 Å². The summed E-state index contributed by atoms with van der Waals surface area (Å²) in [7, 11) is 0. The van der Waals surface area contributed by atoms with Crippen LogP contribution in [0.25, 0.3) is 0 Å². The highest BCUT2D eigenvalue weighted by Crippen LogP contribution is 2.18. The maximum absolute atomic E-state index is 12.2. The number of carbonyl (C=O) groups excluding carboxylic acids is 2. The van der Waals surface area contributed by atoms with Gasteiger partial charge in [0.25, 0.3) is 5.91 Å². The molecular formula is C18H22N2O2. The summed E-state index contributed by atoms with van der Waals surface area (Å²) in [5.41, 5.74) is 4.97. The minimum atomic E-state index is -0.166. The fraction of sp³-hybridized carbons (Fsp3) is 0.333. The van der Waals surface area contributed by atoms with E-state index in [1.165, 1.54) is 18.1 Å². The van der Waals surface area contributed by atoms with E-state index in [1.54, 1.807) is 6.92 Å². The Morgan fingerprint density at radius 2 is 1.73 bits per heavy atom. The first-order valence-corrected chi connectivity index (χ1v) is 7.44. The van der Waals surface area contributed by atoms with Crippen LogP contribution in [0.5, 0.6) is 0 Å². The number of benzene rings is 1. The summed E-state index contributed by atoms with van der Waals surface area (Å²) in [5, 5.41) is 2.90. The van der Waals surface area contributed by atoms with Gasteiger partial charge in [0.2, 0.25) is 0 Å². The van der Waals surface area contributed by atoms with Gasteiger partial charge in [-0.05, 0) is 45.2 Å². The van der Waals surface area contributed by atoms with E-state index in [0.29, 0.717) is 17.8 Å². The molecule has 4 heteroatoms. The van der Waals surface area contributed by atoms with E-state index in [-0.39, 0.29) is 11.7 Å². The van der Waals surface area contributed by atoms with Crippen LogP contribution in [-0.4, -0.2) is 23.2 Å². The zero-order valence-corrected chi connectivity index (χ0v) is 13.5. The number of aromatic amines is 1. The van der Waals surface area contributed by atoms with E-state index < -0.39 is 0 Å². The molecule has 0 aliphatic heterocycles. The topological polar surface area (TPSA) is 62.0 Å². The maximum Gasteiger partial charge on any atom is 0.268 e. The Kier molecular flexibility index (Phi) is 4.81. The molecular weight excluding hydrogens is 276 g/mol. The zero-order chi connectivity index (χ0) is 16.3. The van der Waals surface area contributed by atoms with Crippen LogP contribution in [0.4, 0.5) is 0 Å². The number of rotatable bonds is 5. The first kappa shape index (κ1) is 16.0. The summed E-state index contributed by atoms with van der Waals surface area (Å²) in [4.78, 5) is 26.9. The van der Waals surface area contributed by atoms with Gasteiger partial charge >= 0.3 is 0 Å². The Morgan fingerprint density at radius 3 is 2.27 bits per heavy atom. The predicted molar refractivity (Wildman–Crippen MR) is 87.5 cm³/mol. The van der Waals surface area contributed by atoms with Crippen molar-refractivity contribution in [2.45, 2.75) is 34.1 Å². The Labute approximate surface area is 130 Å². The van der Waals surface area contributed by atoms with E-state index in [9.17, 15) is 9.59 Å². The lowest BCUT2D eigenvalue weighted by molar-refractivity contribution is 0.0949. The van der Waals surface area contributed by atoms with Gasteiger partial charge in [0.1, 0.15) is 5.69 Å². The lowest BCUT2D eigenvalue weighted by Gasteiger charge is -2.06. The second kappa shape index (κ2) is 6.60. The lowest BCUT2D eigenvalue weighted by Crippen LogP contribution is -2.26. The van der Waals surface area contributed by atoms with E-state index in [0.717, 1.165) is 17.7 Å². The van der Waals surface area contributed by atoms with Crippen molar-refractivity contribution >= 4 is 11.7 Å². The van der Waals surface area contributed by atoms with Crippen molar-refractivity contribution in [2.75, 3.05) is 6.54 Å². The summed E-state index contributed by atoms with van der Waals surface area (Å²) in [6, 6.07) is 8.27. The molecule has 22 heavy (non-hydrogen) atoms. The fourth-order valence-electron chi connectivity index (χ4n) is 2.67. The lowest BCUT2D eigenvalue weighted by atomic mass is 10.1. The summed E-state index contributed by atoms with van der Waals surface area (Å²) in [5.74, 6) is -0.190. The molecule has 0 bridgehead atoms. The van der Waals surface area contributed by atoms with Crippen molar-refractivity contribution in [3.05, 3.63) is 57.9 Å². The van der Waals surface area contributed by atoms with Crippen LogP contribution in [0.3, 0.4) is 0 Å². The number of aromatic nitrogens is 1. The zero-order valence-electron chi connectivity index (χ0n) is 13.5. The van der Waals surface area contributed by atoms with Crippen molar-refractivity contribution in [1.82, 2.24) is 10.3 Å². The van der Waals surface area contributed by atoms with Gasteiger partial charge in [-0.25, -0.2) is 0 Å². The predicted octanol–water partition coefficient (Wildman–Crippen LogP) is 3.12. The highest BCUT2D eigenvalue weighted by molar-refractivity contribution is 6.02. The molecule has 0 aliphatic rings. The number of carbonyl (C=O) groups is 2. The normalized spacial score (nSPS) is 10.5. The molecule has 2 aromatic rings. The van der Waals surface area contributed by atoms with Gasteiger partial charge in [-0.15, -0.1) is 0 Å². The van der Waals surface area contributed by atoms with Crippen LogP contribution >= 0.6 is 0 Å². The molecule has 116 valence electrons. The third-order valence-corrected chi connectivity index (χ3v) is 3.84. The number of nitrogens with one attached hydrogen (secondary N) is 2. The van der Waals surface area contributed by atoms with Gasteiger partial charge in [0.05, 0.1) is 0 Å². The van der Waals surface area contributed by atoms with Crippen molar-refractivity contribution in [2.24, 2.45) is 0 Å². The Bertz CT molecular complexity index is 697. The number of hydrogen-bond donors (Lipinski definition) is 2. The van der Waals surface area contributed by atoms with Crippen LogP contribution in [0.1, 0.15) is 50.2 Å². The van der Waals surface area contributed by atoms with Gasteiger partial charge < -0.3 is 10.3 Å². The number of hydrogen-bond acceptors (Lipinski definition) is 2. The first-order chi connectivity index (χ1) is 10.4. The van der Waals surface area contributed by atoms with Gasteiger partial charge in [0, 0.05) is 17.8 Å². The molecule has 1 aromatic heterocycles. The average molecular weight is 298 g/mol. The number of Topliss-reactive ketones (excluding diaryl/α,β-unsaturated/α-hetero) is 1. The molecule has 0 unspecified atom stereocenters. The number of H-pyrrole nitrogens is 1. The van der Waals surface area contributed by atoms with E-state index in [1.807, 2.05) is 6.92 Å². The van der Waals surface area contributed by atoms with Crippen LogP contribution in [-0.2, 0) is 6.42 Å². The second-order valence-electron chi connectivity index (χ2n) is 5.67. The van der Waals surface area contributed by atoms with Gasteiger partial charge in [-0.1, -0.05) is 29.8 Å². The Balaban J connectivity index is 1.99. The summed E-state index contributed by atoms with van der Waals surface area (Å²) < 4.78 is 0. The minimum Gasteiger partial charge on any atom is -0.354 e. The Hall–Kier alpha value is -2.36. The van der Waals surface area contributed by atoms with Crippen molar-refractivity contribution in [3.8, 4) is 0 Å². The third-order valence-electron chi connectivity index (χ3n) is 3.84. The molecule has 0 spiro atoms.